The van der Waals surface area contributed by atoms with Crippen LogP contribution in [0.5, 0.6) is 0 Å². The van der Waals surface area contributed by atoms with Crippen LogP contribution in [0.25, 0.3) is 0 Å². The first-order valence-corrected chi connectivity index (χ1v) is 5.54. The summed E-state index contributed by atoms with van der Waals surface area (Å²) in [6.45, 7) is 0. The first-order valence-electron chi connectivity index (χ1n) is 5.54. The van der Waals surface area contributed by atoms with E-state index in [0.29, 0.717) is 0 Å². The van der Waals surface area contributed by atoms with Crippen LogP contribution in [0.3, 0.4) is 0 Å². The summed E-state index contributed by atoms with van der Waals surface area (Å²) in [5.74, 6) is 0. The molecule has 0 spiro atoms. The number of allylic oxidation sites excluding steroid dienone is 8. The Morgan fingerprint density at radius 2 is 1.36 bits per heavy atom. The summed E-state index contributed by atoms with van der Waals surface area (Å²) in [4.78, 5) is 0. The zero-order valence-electron chi connectivity index (χ0n) is 8.78. The van der Waals surface area contributed by atoms with Crippen molar-refractivity contribution < 1.29 is 0 Å². The maximum atomic E-state index is 3.13. The van der Waals surface area contributed by atoms with E-state index in [2.05, 4.69) is 36.5 Å². The van der Waals surface area contributed by atoms with E-state index in [-0.39, 0.29) is 0 Å². The first-order chi connectivity index (χ1) is 7.00. The Morgan fingerprint density at radius 1 is 0.714 bits per heavy atom. The van der Waals surface area contributed by atoms with Gasteiger partial charge in [-0.05, 0) is 44.6 Å². The first kappa shape index (κ1) is 11.0. The molecule has 0 unspecified atom stereocenters. The molecule has 0 fully saturated rings. The summed E-state index contributed by atoms with van der Waals surface area (Å²) in [5, 5.41) is 0. The fraction of sp³-hybridized carbons (Fsp3) is 0.429. The lowest BCUT2D eigenvalue weighted by Gasteiger charge is -1.92. The van der Waals surface area contributed by atoms with Crippen LogP contribution in [0.1, 0.15) is 38.5 Å². The molecule has 1 aliphatic carbocycles. The Balaban J connectivity index is 2.35. The van der Waals surface area contributed by atoms with Crippen LogP contribution in [0, 0.1) is 6.08 Å². The third-order valence-electron chi connectivity index (χ3n) is 2.19. The van der Waals surface area contributed by atoms with Gasteiger partial charge in [0.05, 0.1) is 0 Å². The molecular formula is C14H19. The molecular weight excluding hydrogens is 168 g/mol. The molecule has 0 aliphatic heterocycles. The highest BCUT2D eigenvalue weighted by atomic mass is 13.9. The highest BCUT2D eigenvalue weighted by Crippen LogP contribution is 2.03. The minimum absolute atomic E-state index is 1.16. The fourth-order valence-electron chi connectivity index (χ4n) is 1.37. The monoisotopic (exact) mass is 187 g/mol. The molecule has 1 rings (SSSR count). The number of rotatable bonds is 0. The van der Waals surface area contributed by atoms with Crippen molar-refractivity contribution in [2.24, 2.45) is 0 Å². The van der Waals surface area contributed by atoms with Gasteiger partial charge >= 0.3 is 0 Å². The predicted octanol–water partition coefficient (Wildman–Crippen LogP) is 4.37. The van der Waals surface area contributed by atoms with Gasteiger partial charge in [0.15, 0.2) is 0 Å². The zero-order valence-corrected chi connectivity index (χ0v) is 8.78. The van der Waals surface area contributed by atoms with E-state index >= 15 is 0 Å². The maximum absolute atomic E-state index is 3.13. The standard InChI is InChI=1S/C14H19/c1-2-4-6-8-10-12-14-13-11-9-7-5-3-1/h1-3,7,9-10,12H,4,6,8,11,13-14H2. The van der Waals surface area contributed by atoms with Gasteiger partial charge in [0.1, 0.15) is 0 Å². The highest BCUT2D eigenvalue weighted by Gasteiger charge is 1.83. The Labute approximate surface area is 87.7 Å². The third kappa shape index (κ3) is 6.47. The molecule has 0 atom stereocenters. The highest BCUT2D eigenvalue weighted by molar-refractivity contribution is 5.06. The van der Waals surface area contributed by atoms with Crippen molar-refractivity contribution in [3.05, 3.63) is 48.6 Å². The number of hydrogen-bond donors (Lipinski definition) is 0. The van der Waals surface area contributed by atoms with E-state index in [1.807, 2.05) is 12.2 Å². The summed E-state index contributed by atoms with van der Waals surface area (Å²) >= 11 is 0. The van der Waals surface area contributed by atoms with E-state index < -0.39 is 0 Å². The maximum Gasteiger partial charge on any atom is -0.0187 e. The third-order valence-corrected chi connectivity index (χ3v) is 2.19. The van der Waals surface area contributed by atoms with Crippen molar-refractivity contribution in [1.82, 2.24) is 0 Å². The minimum atomic E-state index is 1.16. The summed E-state index contributed by atoms with van der Waals surface area (Å²) in [5.41, 5.74) is 0. The summed E-state index contributed by atoms with van der Waals surface area (Å²) in [6.07, 6.45) is 25.5. The van der Waals surface area contributed by atoms with Crippen LogP contribution < -0.4 is 0 Å². The van der Waals surface area contributed by atoms with E-state index in [4.69, 9.17) is 0 Å². The predicted molar refractivity (Wildman–Crippen MR) is 62.9 cm³/mol. The average molecular weight is 187 g/mol. The molecule has 0 saturated carbocycles. The van der Waals surface area contributed by atoms with Gasteiger partial charge in [0.25, 0.3) is 0 Å². The zero-order chi connectivity index (χ0) is 9.90. The molecule has 0 bridgehead atoms. The molecule has 1 radical (unpaired) electrons. The normalized spacial score (nSPS) is 19.4. The van der Waals surface area contributed by atoms with Gasteiger partial charge in [-0.3, -0.25) is 0 Å². The Bertz CT molecular complexity index is 204. The molecule has 0 aromatic heterocycles. The lowest BCUT2D eigenvalue weighted by atomic mass is 10.1. The van der Waals surface area contributed by atoms with Crippen LogP contribution in [-0.2, 0) is 0 Å². The van der Waals surface area contributed by atoms with Crippen molar-refractivity contribution in [2.45, 2.75) is 38.5 Å². The molecule has 0 aromatic rings. The van der Waals surface area contributed by atoms with Gasteiger partial charge in [-0.15, -0.1) is 0 Å². The molecule has 0 saturated heterocycles. The molecule has 0 N–H and O–H groups in total. The second-order valence-corrected chi connectivity index (χ2v) is 3.50. The Morgan fingerprint density at radius 3 is 2.14 bits per heavy atom. The van der Waals surface area contributed by atoms with Gasteiger partial charge in [0.2, 0.25) is 0 Å². The van der Waals surface area contributed by atoms with Crippen LogP contribution in [0.4, 0.5) is 0 Å². The average Bonchev–Trinajstić information content (AvgIpc) is 2.22. The van der Waals surface area contributed by atoms with Gasteiger partial charge in [-0.25, -0.2) is 0 Å². The topological polar surface area (TPSA) is 0 Å². The van der Waals surface area contributed by atoms with E-state index in [0.717, 1.165) is 6.42 Å². The molecule has 0 nitrogen and oxygen atoms in total. The van der Waals surface area contributed by atoms with E-state index in [1.54, 1.807) is 0 Å². The van der Waals surface area contributed by atoms with Gasteiger partial charge in [0, 0.05) is 0 Å². The Hall–Kier alpha value is -1.04. The molecule has 14 heavy (non-hydrogen) atoms. The van der Waals surface area contributed by atoms with Crippen molar-refractivity contribution in [3.63, 3.8) is 0 Å². The Kier molecular flexibility index (Phi) is 6.74. The van der Waals surface area contributed by atoms with Gasteiger partial charge in [-0.2, -0.15) is 0 Å². The summed E-state index contributed by atoms with van der Waals surface area (Å²) in [7, 11) is 0. The van der Waals surface area contributed by atoms with Crippen molar-refractivity contribution >= 4 is 0 Å². The molecule has 0 heterocycles. The van der Waals surface area contributed by atoms with Crippen molar-refractivity contribution in [1.29, 1.82) is 0 Å². The fourth-order valence-corrected chi connectivity index (χ4v) is 1.37. The molecule has 0 aromatic carbocycles. The SMILES string of the molecule is [C]1=CC=CCCCC=CCCCC=C1. The van der Waals surface area contributed by atoms with Crippen molar-refractivity contribution in [3.8, 4) is 0 Å². The minimum Gasteiger partial charge on any atom is -0.0885 e. The largest absolute Gasteiger partial charge is 0.0885 e. The van der Waals surface area contributed by atoms with E-state index in [9.17, 15) is 0 Å². The van der Waals surface area contributed by atoms with Crippen molar-refractivity contribution in [2.75, 3.05) is 0 Å². The lowest BCUT2D eigenvalue weighted by Crippen LogP contribution is -1.72. The lowest BCUT2D eigenvalue weighted by molar-refractivity contribution is 0.840. The summed E-state index contributed by atoms with van der Waals surface area (Å²) in [6, 6.07) is 0. The van der Waals surface area contributed by atoms with E-state index in [1.165, 1.54) is 32.1 Å². The molecule has 0 heteroatoms. The van der Waals surface area contributed by atoms with Gasteiger partial charge < -0.3 is 0 Å². The quantitative estimate of drug-likeness (QED) is 0.494. The number of hydrogen-bond acceptors (Lipinski definition) is 0. The van der Waals surface area contributed by atoms with Crippen LogP contribution in [0.15, 0.2) is 42.5 Å². The van der Waals surface area contributed by atoms with Crippen LogP contribution in [-0.4, -0.2) is 0 Å². The van der Waals surface area contributed by atoms with Gasteiger partial charge in [-0.1, -0.05) is 42.5 Å². The van der Waals surface area contributed by atoms with Crippen LogP contribution in [0.2, 0.25) is 0 Å². The molecule has 75 valence electrons. The second-order valence-electron chi connectivity index (χ2n) is 3.50. The summed E-state index contributed by atoms with van der Waals surface area (Å²) < 4.78 is 0. The smallest absolute Gasteiger partial charge is 0.0187 e. The van der Waals surface area contributed by atoms with Crippen LogP contribution >= 0.6 is 0 Å². The molecule has 0 amide bonds. The molecule has 1 aliphatic rings. The second kappa shape index (κ2) is 8.55.